The molecular weight excluding hydrogens is 380 g/mol. The molecule has 1 aromatic carbocycles. The number of likely N-dealkylation sites (tertiary alicyclic amines) is 1. The van der Waals surface area contributed by atoms with Gasteiger partial charge in [0.25, 0.3) is 5.91 Å². The van der Waals surface area contributed by atoms with E-state index in [0.717, 1.165) is 5.82 Å². The number of piperidine rings is 1. The van der Waals surface area contributed by atoms with E-state index in [1.807, 2.05) is 15.6 Å². The molecule has 1 aromatic heterocycles. The van der Waals surface area contributed by atoms with Crippen LogP contribution >= 0.6 is 11.6 Å². The second-order valence-electron chi connectivity index (χ2n) is 7.34. The summed E-state index contributed by atoms with van der Waals surface area (Å²) >= 11 is 5.92. The fraction of sp³-hybridized carbons (Fsp3) is 0.450. The molecule has 0 unspecified atom stereocenters. The fourth-order valence-electron chi connectivity index (χ4n) is 4.16. The minimum absolute atomic E-state index is 0.00365. The van der Waals surface area contributed by atoms with Gasteiger partial charge in [-0.25, -0.2) is 4.68 Å². The molecule has 7 nitrogen and oxygen atoms in total. The van der Waals surface area contributed by atoms with Crippen LogP contribution in [0.15, 0.2) is 36.5 Å². The minimum atomic E-state index is -0.365. The fourth-order valence-corrected chi connectivity index (χ4v) is 4.28. The van der Waals surface area contributed by atoms with Crippen LogP contribution < -0.4 is 4.90 Å². The number of fused-ring (bicyclic) bond motifs is 2. The van der Waals surface area contributed by atoms with Gasteiger partial charge in [0.15, 0.2) is 0 Å². The zero-order chi connectivity index (χ0) is 19.7. The van der Waals surface area contributed by atoms with E-state index in [9.17, 15) is 9.59 Å². The average molecular weight is 403 g/mol. The smallest absolute Gasteiger partial charge is 0.253 e. The molecule has 3 heterocycles. The van der Waals surface area contributed by atoms with Gasteiger partial charge in [-0.2, -0.15) is 5.10 Å². The molecule has 0 atom stereocenters. The number of carbonyl (C=O) groups is 2. The first-order valence-corrected chi connectivity index (χ1v) is 9.80. The largest absolute Gasteiger partial charge is 0.383 e. The Labute approximate surface area is 168 Å². The Hall–Kier alpha value is -2.38. The number of hydrogen-bond donors (Lipinski definition) is 0. The van der Waals surface area contributed by atoms with Crippen LogP contribution in [0.3, 0.4) is 0 Å². The molecule has 0 aliphatic carbocycles. The molecule has 28 heavy (non-hydrogen) atoms. The van der Waals surface area contributed by atoms with Crippen molar-refractivity contribution in [2.24, 2.45) is 0 Å². The third kappa shape index (κ3) is 3.29. The average Bonchev–Trinajstić information content (AvgIpc) is 3.19. The number of hydrogen-bond acceptors (Lipinski definition) is 4. The summed E-state index contributed by atoms with van der Waals surface area (Å²) < 4.78 is 7.12. The highest BCUT2D eigenvalue weighted by atomic mass is 35.5. The summed E-state index contributed by atoms with van der Waals surface area (Å²) in [6.45, 7) is 2.17. The van der Waals surface area contributed by atoms with E-state index in [1.165, 1.54) is 0 Å². The van der Waals surface area contributed by atoms with Crippen LogP contribution in [0.4, 0.5) is 5.82 Å². The molecule has 148 valence electrons. The summed E-state index contributed by atoms with van der Waals surface area (Å²) in [5.74, 6) is 0.893. The van der Waals surface area contributed by atoms with Crippen molar-refractivity contribution in [3.63, 3.8) is 0 Å². The number of anilines is 1. The summed E-state index contributed by atoms with van der Waals surface area (Å²) in [6.07, 6.45) is 3.53. The zero-order valence-electron chi connectivity index (χ0n) is 15.8. The summed E-state index contributed by atoms with van der Waals surface area (Å²) in [4.78, 5) is 29.2. The number of carbonyl (C=O) groups excluding carboxylic acids is 2. The van der Waals surface area contributed by atoms with E-state index in [2.05, 4.69) is 5.10 Å². The Morgan fingerprint density at radius 3 is 2.61 bits per heavy atom. The molecule has 1 spiro atoms. The molecule has 0 saturated carbocycles. The number of methoxy groups -OCH3 is 1. The van der Waals surface area contributed by atoms with Crippen LogP contribution in [0.2, 0.25) is 5.02 Å². The van der Waals surface area contributed by atoms with E-state index >= 15 is 0 Å². The summed E-state index contributed by atoms with van der Waals surface area (Å²) in [7, 11) is 1.63. The molecule has 8 heteroatoms. The lowest BCUT2D eigenvalue weighted by molar-refractivity contribution is -0.123. The third-order valence-electron chi connectivity index (χ3n) is 5.72. The number of benzene rings is 1. The molecule has 1 saturated heterocycles. The highest BCUT2D eigenvalue weighted by molar-refractivity contribution is 6.30. The van der Waals surface area contributed by atoms with Crippen LogP contribution in [0, 0.1) is 0 Å². The van der Waals surface area contributed by atoms with Crippen LogP contribution in [0.25, 0.3) is 0 Å². The molecule has 4 rings (SSSR count). The first-order chi connectivity index (χ1) is 13.5. The van der Waals surface area contributed by atoms with Crippen molar-refractivity contribution in [1.29, 1.82) is 0 Å². The number of aromatic nitrogens is 2. The second kappa shape index (κ2) is 7.56. The van der Waals surface area contributed by atoms with E-state index in [0.29, 0.717) is 56.1 Å². The maximum Gasteiger partial charge on any atom is 0.253 e. The molecule has 2 aliphatic rings. The van der Waals surface area contributed by atoms with Crippen molar-refractivity contribution in [3.05, 3.63) is 47.1 Å². The predicted molar refractivity (Wildman–Crippen MR) is 106 cm³/mol. The molecule has 2 aromatic rings. The van der Waals surface area contributed by atoms with Gasteiger partial charge in [-0.3, -0.25) is 14.5 Å². The van der Waals surface area contributed by atoms with E-state index in [-0.39, 0.29) is 17.4 Å². The molecule has 0 bridgehead atoms. The molecule has 1 fully saturated rings. The number of rotatable bonds is 4. The maximum absolute atomic E-state index is 12.8. The van der Waals surface area contributed by atoms with Crippen LogP contribution in [-0.4, -0.2) is 59.8 Å². The van der Waals surface area contributed by atoms with Crippen molar-refractivity contribution >= 4 is 29.2 Å². The number of halogens is 1. The number of ether oxygens (including phenoxy) is 1. The van der Waals surface area contributed by atoms with E-state index in [1.54, 1.807) is 42.5 Å². The standard InChI is InChI=1S/C20H23ClN4O3/c1-28-13-12-24-17-6-9-22-25(17)20(14-18(24)26)7-10-23(11-8-20)19(27)15-2-4-16(21)5-3-15/h2-6,9H,7-8,10-14H2,1H3. The quantitative estimate of drug-likeness (QED) is 0.788. The van der Waals surface area contributed by atoms with Crippen LogP contribution in [0.5, 0.6) is 0 Å². The summed E-state index contributed by atoms with van der Waals surface area (Å²) in [5, 5.41) is 5.14. The van der Waals surface area contributed by atoms with Crippen molar-refractivity contribution < 1.29 is 14.3 Å². The lowest BCUT2D eigenvalue weighted by atomic mass is 9.82. The zero-order valence-corrected chi connectivity index (χ0v) is 16.6. The summed E-state index contributed by atoms with van der Waals surface area (Å²) in [6, 6.07) is 8.83. The monoisotopic (exact) mass is 402 g/mol. The molecular formula is C20H23ClN4O3. The van der Waals surface area contributed by atoms with Crippen molar-refractivity contribution in [2.75, 3.05) is 38.3 Å². The SMILES string of the molecule is COCCN1C(=O)CC2(CCN(C(=O)c3ccc(Cl)cc3)CC2)n2nccc21. The van der Waals surface area contributed by atoms with E-state index in [4.69, 9.17) is 16.3 Å². The Balaban J connectivity index is 1.51. The Bertz CT molecular complexity index is 872. The highest BCUT2D eigenvalue weighted by Gasteiger charge is 2.46. The molecule has 2 aliphatic heterocycles. The van der Waals surface area contributed by atoms with Gasteiger partial charge in [-0.05, 0) is 37.1 Å². The number of amides is 2. The van der Waals surface area contributed by atoms with Gasteiger partial charge in [-0.1, -0.05) is 11.6 Å². The normalized spacial score (nSPS) is 18.4. The predicted octanol–water partition coefficient (Wildman–Crippen LogP) is 2.55. The van der Waals surface area contributed by atoms with Crippen LogP contribution in [-0.2, 0) is 15.1 Å². The van der Waals surface area contributed by atoms with Crippen molar-refractivity contribution in [2.45, 2.75) is 24.8 Å². The van der Waals surface area contributed by atoms with Gasteiger partial charge in [0.1, 0.15) is 5.82 Å². The maximum atomic E-state index is 12.8. The Kier molecular flexibility index (Phi) is 5.12. The van der Waals surface area contributed by atoms with E-state index < -0.39 is 0 Å². The van der Waals surface area contributed by atoms with Crippen LogP contribution in [0.1, 0.15) is 29.6 Å². The van der Waals surface area contributed by atoms with Gasteiger partial charge in [0.05, 0.1) is 31.3 Å². The Morgan fingerprint density at radius 1 is 1.21 bits per heavy atom. The third-order valence-corrected chi connectivity index (χ3v) is 5.97. The highest BCUT2D eigenvalue weighted by Crippen LogP contribution is 2.41. The lowest BCUT2D eigenvalue weighted by Gasteiger charge is -2.46. The van der Waals surface area contributed by atoms with Crippen molar-refractivity contribution in [3.8, 4) is 0 Å². The van der Waals surface area contributed by atoms with Crippen molar-refractivity contribution in [1.82, 2.24) is 14.7 Å². The van der Waals surface area contributed by atoms with Gasteiger partial charge >= 0.3 is 0 Å². The van der Waals surface area contributed by atoms with Gasteiger partial charge in [-0.15, -0.1) is 0 Å². The molecule has 2 amide bonds. The second-order valence-corrected chi connectivity index (χ2v) is 7.78. The van der Waals surface area contributed by atoms with Gasteiger partial charge in [0, 0.05) is 36.9 Å². The topological polar surface area (TPSA) is 67.7 Å². The number of nitrogens with zero attached hydrogens (tertiary/aromatic N) is 4. The Morgan fingerprint density at radius 2 is 1.93 bits per heavy atom. The minimum Gasteiger partial charge on any atom is -0.383 e. The molecule has 0 radical (unpaired) electrons. The first kappa shape index (κ1) is 19.0. The molecule has 0 N–H and O–H groups in total. The van der Waals surface area contributed by atoms with Gasteiger partial charge < -0.3 is 9.64 Å². The first-order valence-electron chi connectivity index (χ1n) is 9.43. The van der Waals surface area contributed by atoms with Gasteiger partial charge in [0.2, 0.25) is 5.91 Å². The summed E-state index contributed by atoms with van der Waals surface area (Å²) in [5.41, 5.74) is 0.265. The lowest BCUT2D eigenvalue weighted by Crippen LogP contribution is -2.55.